The van der Waals surface area contributed by atoms with Gasteiger partial charge in [-0.15, -0.1) is 11.3 Å². The quantitative estimate of drug-likeness (QED) is 0.742. The zero-order valence-corrected chi connectivity index (χ0v) is 15.1. The van der Waals surface area contributed by atoms with E-state index in [1.54, 1.807) is 29.5 Å². The van der Waals surface area contributed by atoms with Crippen molar-refractivity contribution in [2.75, 3.05) is 13.1 Å². The number of nitrogens with one attached hydrogen (secondary N) is 1. The number of para-hydroxylation sites is 1. The lowest BCUT2D eigenvalue weighted by Crippen LogP contribution is -2.36. The highest BCUT2D eigenvalue weighted by molar-refractivity contribution is 7.18. The summed E-state index contributed by atoms with van der Waals surface area (Å²) < 4.78 is 14.8. The molecule has 6 heteroatoms. The minimum absolute atomic E-state index is 0.0822. The van der Waals surface area contributed by atoms with Crippen molar-refractivity contribution in [1.82, 2.24) is 15.2 Å². The summed E-state index contributed by atoms with van der Waals surface area (Å²) in [5.41, 5.74) is 1.52. The highest BCUT2D eigenvalue weighted by Crippen LogP contribution is 2.36. The van der Waals surface area contributed by atoms with E-state index in [0.717, 1.165) is 29.9 Å². The maximum Gasteiger partial charge on any atom is 0.234 e. The molecule has 1 amide bonds. The number of halogens is 1. The zero-order chi connectivity index (χ0) is 17.9. The number of hydrogen-bond donors (Lipinski definition) is 1. The lowest BCUT2D eigenvalue weighted by molar-refractivity contribution is -0.122. The zero-order valence-electron chi connectivity index (χ0n) is 14.3. The molecule has 1 N–H and O–H groups in total. The number of fused-ring (bicyclic) bond motifs is 1. The van der Waals surface area contributed by atoms with Crippen LogP contribution in [-0.4, -0.2) is 28.9 Å². The van der Waals surface area contributed by atoms with E-state index >= 15 is 0 Å². The Morgan fingerprint density at radius 1 is 1.23 bits per heavy atom. The summed E-state index contributed by atoms with van der Waals surface area (Å²) in [5.74, 6) is -0.373. The number of amides is 1. The van der Waals surface area contributed by atoms with Gasteiger partial charge in [-0.1, -0.05) is 30.3 Å². The largest absolute Gasteiger partial charge is 0.351 e. The molecule has 1 saturated heterocycles. The second-order valence-electron chi connectivity index (χ2n) is 6.52. The van der Waals surface area contributed by atoms with Crippen LogP contribution in [0.4, 0.5) is 4.39 Å². The molecule has 0 bridgehead atoms. The van der Waals surface area contributed by atoms with E-state index in [1.807, 2.05) is 18.2 Å². The number of benzene rings is 2. The van der Waals surface area contributed by atoms with Crippen LogP contribution in [0.5, 0.6) is 0 Å². The van der Waals surface area contributed by atoms with Crippen LogP contribution in [0.3, 0.4) is 0 Å². The number of hydrogen-bond acceptors (Lipinski definition) is 4. The highest BCUT2D eigenvalue weighted by Gasteiger charge is 2.29. The molecule has 0 saturated carbocycles. The molecule has 0 spiro atoms. The van der Waals surface area contributed by atoms with Crippen molar-refractivity contribution < 1.29 is 9.18 Å². The molecule has 134 valence electrons. The van der Waals surface area contributed by atoms with Crippen LogP contribution in [0.25, 0.3) is 10.2 Å². The molecule has 0 aliphatic carbocycles. The van der Waals surface area contributed by atoms with E-state index in [-0.39, 0.29) is 24.3 Å². The summed E-state index contributed by atoms with van der Waals surface area (Å²) in [7, 11) is 0. The molecule has 2 heterocycles. The highest BCUT2D eigenvalue weighted by atomic mass is 32.1. The second kappa shape index (κ2) is 7.51. The molecule has 1 aromatic heterocycles. The van der Waals surface area contributed by atoms with Crippen molar-refractivity contribution in [3.63, 3.8) is 0 Å². The number of likely N-dealkylation sites (tertiary alicyclic amines) is 1. The molecule has 1 atom stereocenters. The van der Waals surface area contributed by atoms with Crippen molar-refractivity contribution in [2.24, 2.45) is 0 Å². The van der Waals surface area contributed by atoms with Gasteiger partial charge in [0, 0.05) is 12.1 Å². The van der Waals surface area contributed by atoms with Crippen molar-refractivity contribution >= 4 is 27.5 Å². The maximum atomic E-state index is 13.7. The number of rotatable bonds is 5. The molecular formula is C20H20FN3OS. The van der Waals surface area contributed by atoms with Crippen LogP contribution in [0.1, 0.15) is 29.5 Å². The first-order chi connectivity index (χ1) is 12.7. The van der Waals surface area contributed by atoms with E-state index in [4.69, 9.17) is 4.98 Å². The Bertz CT molecular complexity index is 893. The third kappa shape index (κ3) is 3.61. The number of carbonyl (C=O) groups excluding carboxylic acids is 1. The standard InChI is InChI=1S/C20H20FN3OS/c21-15-7-2-1-6-14(15)12-22-19(25)13-24-11-5-9-17(24)20-23-16-8-3-4-10-18(16)26-20/h1-4,6-8,10,17H,5,9,11-13H2,(H,22,25)/t17-/m1/s1. The fourth-order valence-electron chi connectivity index (χ4n) is 3.40. The van der Waals surface area contributed by atoms with Crippen molar-refractivity contribution in [2.45, 2.75) is 25.4 Å². The van der Waals surface area contributed by atoms with Crippen molar-refractivity contribution in [1.29, 1.82) is 0 Å². The van der Waals surface area contributed by atoms with Gasteiger partial charge in [0.05, 0.1) is 22.8 Å². The van der Waals surface area contributed by atoms with Gasteiger partial charge in [0.25, 0.3) is 0 Å². The molecule has 4 nitrogen and oxygen atoms in total. The molecule has 2 aromatic carbocycles. The molecule has 4 rings (SSSR count). The average Bonchev–Trinajstić information content (AvgIpc) is 3.27. The number of thiazole rings is 1. The van der Waals surface area contributed by atoms with Gasteiger partial charge in [0.15, 0.2) is 0 Å². The van der Waals surface area contributed by atoms with Crippen LogP contribution < -0.4 is 5.32 Å². The minimum Gasteiger partial charge on any atom is -0.351 e. The first-order valence-corrected chi connectivity index (χ1v) is 9.62. The number of nitrogens with zero attached hydrogens (tertiary/aromatic N) is 2. The van der Waals surface area contributed by atoms with Gasteiger partial charge in [0.1, 0.15) is 10.8 Å². The fourth-order valence-corrected chi connectivity index (χ4v) is 4.54. The van der Waals surface area contributed by atoms with E-state index in [9.17, 15) is 9.18 Å². The molecule has 26 heavy (non-hydrogen) atoms. The van der Waals surface area contributed by atoms with E-state index in [1.165, 1.54) is 10.8 Å². The van der Waals surface area contributed by atoms with Crippen LogP contribution >= 0.6 is 11.3 Å². The molecule has 3 aromatic rings. The summed E-state index contributed by atoms with van der Waals surface area (Å²) >= 11 is 1.70. The van der Waals surface area contributed by atoms with E-state index in [2.05, 4.69) is 16.3 Å². The second-order valence-corrected chi connectivity index (χ2v) is 7.58. The summed E-state index contributed by atoms with van der Waals surface area (Å²) in [6.07, 6.45) is 2.07. The molecule has 1 aliphatic rings. The van der Waals surface area contributed by atoms with Crippen LogP contribution in [0.15, 0.2) is 48.5 Å². The van der Waals surface area contributed by atoms with Gasteiger partial charge in [-0.2, -0.15) is 0 Å². The molecule has 0 unspecified atom stereocenters. The normalized spacial score (nSPS) is 17.7. The molecule has 0 radical (unpaired) electrons. The first kappa shape index (κ1) is 17.1. The van der Waals surface area contributed by atoms with E-state index < -0.39 is 0 Å². The maximum absolute atomic E-state index is 13.7. The van der Waals surface area contributed by atoms with Crippen LogP contribution in [0, 0.1) is 5.82 Å². The topological polar surface area (TPSA) is 45.2 Å². The fraction of sp³-hybridized carbons (Fsp3) is 0.300. The summed E-state index contributed by atoms with van der Waals surface area (Å²) in [4.78, 5) is 19.3. The smallest absolute Gasteiger partial charge is 0.234 e. The first-order valence-electron chi connectivity index (χ1n) is 8.80. The van der Waals surface area contributed by atoms with Crippen molar-refractivity contribution in [3.8, 4) is 0 Å². The van der Waals surface area contributed by atoms with Gasteiger partial charge in [0.2, 0.25) is 5.91 Å². The number of carbonyl (C=O) groups is 1. The SMILES string of the molecule is O=C(CN1CCC[C@@H]1c1nc2ccccc2s1)NCc1ccccc1F. The van der Waals surface area contributed by atoms with Gasteiger partial charge >= 0.3 is 0 Å². The molecule has 1 fully saturated rings. The Balaban J connectivity index is 1.40. The molecule has 1 aliphatic heterocycles. The average molecular weight is 369 g/mol. The predicted molar refractivity (Wildman–Crippen MR) is 101 cm³/mol. The van der Waals surface area contributed by atoms with Gasteiger partial charge in [-0.05, 0) is 37.6 Å². The Kier molecular flexibility index (Phi) is 4.95. The Labute approximate surface area is 155 Å². The predicted octanol–water partition coefficient (Wildman–Crippen LogP) is 3.89. The summed E-state index contributed by atoms with van der Waals surface area (Å²) in [5, 5.41) is 3.90. The van der Waals surface area contributed by atoms with Gasteiger partial charge < -0.3 is 5.32 Å². The Hall–Kier alpha value is -2.31. The van der Waals surface area contributed by atoms with Gasteiger partial charge in [-0.3, -0.25) is 9.69 Å². The summed E-state index contributed by atoms with van der Waals surface area (Å²) in [6, 6.07) is 14.8. The third-order valence-corrected chi connectivity index (χ3v) is 5.88. The Morgan fingerprint density at radius 2 is 2.04 bits per heavy atom. The van der Waals surface area contributed by atoms with Gasteiger partial charge in [-0.25, -0.2) is 9.37 Å². The lowest BCUT2D eigenvalue weighted by atomic mass is 10.2. The lowest BCUT2D eigenvalue weighted by Gasteiger charge is -2.22. The minimum atomic E-state index is -0.290. The number of aromatic nitrogens is 1. The van der Waals surface area contributed by atoms with E-state index in [0.29, 0.717) is 12.1 Å². The molecular weight excluding hydrogens is 349 g/mol. The third-order valence-electron chi connectivity index (χ3n) is 4.74. The van der Waals surface area contributed by atoms with Crippen LogP contribution in [0.2, 0.25) is 0 Å². The van der Waals surface area contributed by atoms with Crippen LogP contribution in [-0.2, 0) is 11.3 Å². The monoisotopic (exact) mass is 369 g/mol. The van der Waals surface area contributed by atoms with Crippen molar-refractivity contribution in [3.05, 3.63) is 64.9 Å². The Morgan fingerprint density at radius 3 is 2.88 bits per heavy atom. The summed E-state index contributed by atoms with van der Waals surface area (Å²) in [6.45, 7) is 1.41.